The number of furan rings is 1. The molecule has 0 spiro atoms. The lowest BCUT2D eigenvalue weighted by Crippen LogP contribution is -2.34. The Labute approximate surface area is 190 Å². The summed E-state index contributed by atoms with van der Waals surface area (Å²) in [7, 11) is 0. The van der Waals surface area contributed by atoms with Gasteiger partial charge in [0.1, 0.15) is 5.76 Å². The summed E-state index contributed by atoms with van der Waals surface area (Å²) in [5, 5.41) is 16.4. The predicted octanol–water partition coefficient (Wildman–Crippen LogP) is 6.38. The Hall–Kier alpha value is -2.54. The van der Waals surface area contributed by atoms with Gasteiger partial charge in [-0.3, -0.25) is 10.1 Å². The molecule has 1 amide bonds. The molecule has 0 atom stereocenters. The Morgan fingerprint density at radius 1 is 1.07 bits per heavy atom. The van der Waals surface area contributed by atoms with Gasteiger partial charge in [-0.05, 0) is 71.7 Å². The van der Waals surface area contributed by atoms with Crippen LogP contribution in [0.15, 0.2) is 52.9 Å². The fraction of sp³-hybridized carbons (Fsp3) is 0.182. The maximum atomic E-state index is 12.5. The maximum absolute atomic E-state index is 12.5. The van der Waals surface area contributed by atoms with Gasteiger partial charge in [-0.25, -0.2) is 0 Å². The van der Waals surface area contributed by atoms with Gasteiger partial charge in [-0.1, -0.05) is 44.0 Å². The first-order valence-corrected chi connectivity index (χ1v) is 10.2. The van der Waals surface area contributed by atoms with Gasteiger partial charge in [-0.15, -0.1) is 0 Å². The summed E-state index contributed by atoms with van der Waals surface area (Å²) in [5.74, 6) is -0.0534. The van der Waals surface area contributed by atoms with Crippen LogP contribution in [-0.4, -0.2) is 16.1 Å². The second kappa shape index (κ2) is 8.68. The first-order chi connectivity index (χ1) is 14.0. The van der Waals surface area contributed by atoms with Crippen molar-refractivity contribution in [3.8, 4) is 17.1 Å². The van der Waals surface area contributed by atoms with E-state index in [9.17, 15) is 9.90 Å². The van der Waals surface area contributed by atoms with Crippen molar-refractivity contribution in [3.63, 3.8) is 0 Å². The number of amides is 1. The van der Waals surface area contributed by atoms with Crippen LogP contribution in [-0.2, 0) is 5.41 Å². The monoisotopic (exact) mass is 462 g/mol. The Morgan fingerprint density at radius 3 is 2.37 bits per heavy atom. The molecular formula is C22H20Cl2N2O3S. The third-order valence-corrected chi connectivity index (χ3v) is 5.11. The van der Waals surface area contributed by atoms with Crippen LogP contribution in [0.4, 0.5) is 5.69 Å². The van der Waals surface area contributed by atoms with Gasteiger partial charge in [0.2, 0.25) is 0 Å². The van der Waals surface area contributed by atoms with E-state index >= 15 is 0 Å². The summed E-state index contributed by atoms with van der Waals surface area (Å²) in [6.45, 7) is 6.07. The zero-order valence-electron chi connectivity index (χ0n) is 16.5. The summed E-state index contributed by atoms with van der Waals surface area (Å²) in [5.41, 5.74) is 1.81. The molecule has 0 aliphatic heterocycles. The highest BCUT2D eigenvalue weighted by atomic mass is 35.5. The number of anilines is 1. The molecule has 3 aromatic rings. The molecule has 30 heavy (non-hydrogen) atoms. The third-order valence-electron chi connectivity index (χ3n) is 4.36. The largest absolute Gasteiger partial charge is 0.504 e. The number of phenolic OH excluding ortho intramolecular Hbond substituents is 1. The van der Waals surface area contributed by atoms with Crippen LogP contribution in [0.25, 0.3) is 11.3 Å². The number of benzene rings is 2. The fourth-order valence-corrected chi connectivity index (χ4v) is 3.22. The molecule has 5 nitrogen and oxygen atoms in total. The molecule has 0 radical (unpaired) electrons. The van der Waals surface area contributed by atoms with Gasteiger partial charge in [0.25, 0.3) is 5.91 Å². The normalized spacial score (nSPS) is 11.2. The number of halogens is 2. The minimum atomic E-state index is -0.523. The van der Waals surface area contributed by atoms with Crippen molar-refractivity contribution < 1.29 is 14.3 Å². The van der Waals surface area contributed by atoms with Crippen molar-refractivity contribution in [3.05, 3.63) is 69.9 Å². The van der Waals surface area contributed by atoms with Gasteiger partial charge in [0.15, 0.2) is 16.6 Å². The van der Waals surface area contributed by atoms with Crippen LogP contribution in [0.5, 0.6) is 5.75 Å². The molecule has 0 saturated carbocycles. The quantitative estimate of drug-likeness (QED) is 0.310. The van der Waals surface area contributed by atoms with Gasteiger partial charge < -0.3 is 14.8 Å². The van der Waals surface area contributed by atoms with Crippen LogP contribution in [0.1, 0.15) is 36.9 Å². The molecule has 3 N–H and O–H groups in total. The molecule has 0 aliphatic carbocycles. The summed E-state index contributed by atoms with van der Waals surface area (Å²) in [4.78, 5) is 12.5. The van der Waals surface area contributed by atoms with E-state index in [1.807, 2.05) is 20.8 Å². The summed E-state index contributed by atoms with van der Waals surface area (Å²) in [6.07, 6.45) is 0. The minimum absolute atomic E-state index is 0.00173. The molecule has 0 unspecified atom stereocenters. The van der Waals surface area contributed by atoms with E-state index in [1.165, 1.54) is 0 Å². The predicted molar refractivity (Wildman–Crippen MR) is 125 cm³/mol. The lowest BCUT2D eigenvalue weighted by atomic mass is 9.87. The summed E-state index contributed by atoms with van der Waals surface area (Å²) < 4.78 is 5.62. The molecular weight excluding hydrogens is 443 g/mol. The number of phenols is 1. The molecule has 0 fully saturated rings. The molecule has 0 saturated heterocycles. The number of carbonyl (C=O) groups is 1. The number of rotatable bonds is 3. The molecule has 3 rings (SSSR count). The molecule has 1 aromatic heterocycles. The molecule has 8 heteroatoms. The second-order valence-corrected chi connectivity index (χ2v) is 8.94. The molecule has 0 aliphatic rings. The van der Waals surface area contributed by atoms with Crippen molar-refractivity contribution in [1.29, 1.82) is 0 Å². The van der Waals surface area contributed by atoms with Crippen molar-refractivity contribution in [2.75, 3.05) is 5.32 Å². The fourth-order valence-electron chi connectivity index (χ4n) is 2.67. The summed E-state index contributed by atoms with van der Waals surface area (Å²) >= 11 is 17.2. The third kappa shape index (κ3) is 5.14. The smallest absolute Gasteiger partial charge is 0.293 e. The van der Waals surface area contributed by atoms with E-state index in [1.54, 1.807) is 48.5 Å². The standard InChI is InChI=1S/C22H20Cl2N2O3S/c1-22(2,3)13-10-15(24)19(27)16(11-13)25-21(30)26-20(28)18-9-8-17(29-18)12-4-6-14(23)7-5-12/h4-11,27H,1-3H3,(H2,25,26,28,30). The average molecular weight is 463 g/mol. The number of nitrogens with one attached hydrogen (secondary N) is 2. The minimum Gasteiger partial charge on any atom is -0.504 e. The lowest BCUT2D eigenvalue weighted by molar-refractivity contribution is 0.0951. The average Bonchev–Trinajstić information content (AvgIpc) is 3.15. The Morgan fingerprint density at radius 2 is 1.73 bits per heavy atom. The SMILES string of the molecule is CC(C)(C)c1cc(Cl)c(O)c(NC(=S)NC(=O)c2ccc(-c3ccc(Cl)cc3)o2)c1. The highest BCUT2D eigenvalue weighted by molar-refractivity contribution is 7.80. The molecule has 1 heterocycles. The van der Waals surface area contributed by atoms with Crippen LogP contribution < -0.4 is 10.6 Å². The highest BCUT2D eigenvalue weighted by Gasteiger charge is 2.20. The van der Waals surface area contributed by atoms with E-state index in [-0.39, 0.29) is 27.1 Å². The van der Waals surface area contributed by atoms with E-state index < -0.39 is 5.91 Å². The van der Waals surface area contributed by atoms with Crippen LogP contribution in [0, 0.1) is 0 Å². The molecule has 0 bridgehead atoms. The number of carbonyl (C=O) groups excluding carboxylic acids is 1. The van der Waals surface area contributed by atoms with Crippen molar-refractivity contribution in [2.45, 2.75) is 26.2 Å². The number of aromatic hydroxyl groups is 1. The zero-order valence-corrected chi connectivity index (χ0v) is 18.9. The maximum Gasteiger partial charge on any atom is 0.293 e. The summed E-state index contributed by atoms with van der Waals surface area (Å²) in [6, 6.07) is 13.7. The van der Waals surface area contributed by atoms with Crippen LogP contribution in [0.3, 0.4) is 0 Å². The van der Waals surface area contributed by atoms with E-state index in [0.29, 0.717) is 16.5 Å². The number of hydrogen-bond acceptors (Lipinski definition) is 4. The van der Waals surface area contributed by atoms with Gasteiger partial charge in [-0.2, -0.15) is 0 Å². The van der Waals surface area contributed by atoms with E-state index in [2.05, 4.69) is 10.6 Å². The second-order valence-electron chi connectivity index (χ2n) is 7.68. The van der Waals surface area contributed by atoms with Gasteiger partial charge in [0.05, 0.1) is 10.7 Å². The number of hydrogen-bond donors (Lipinski definition) is 3. The number of thiocarbonyl (C=S) groups is 1. The van der Waals surface area contributed by atoms with Crippen molar-refractivity contribution in [1.82, 2.24) is 5.32 Å². The van der Waals surface area contributed by atoms with Crippen LogP contribution >= 0.6 is 35.4 Å². The first-order valence-electron chi connectivity index (χ1n) is 9.05. The Kier molecular flexibility index (Phi) is 6.41. The first kappa shape index (κ1) is 22.2. The lowest BCUT2D eigenvalue weighted by Gasteiger charge is -2.21. The van der Waals surface area contributed by atoms with E-state index in [4.69, 9.17) is 39.8 Å². The Balaban J connectivity index is 1.72. The Bertz CT molecular complexity index is 1100. The molecule has 156 valence electrons. The highest BCUT2D eigenvalue weighted by Crippen LogP contribution is 2.37. The van der Waals surface area contributed by atoms with Crippen molar-refractivity contribution in [2.24, 2.45) is 0 Å². The van der Waals surface area contributed by atoms with Crippen LogP contribution in [0.2, 0.25) is 10.0 Å². The molecule has 2 aromatic carbocycles. The van der Waals surface area contributed by atoms with E-state index in [0.717, 1.165) is 11.1 Å². The topological polar surface area (TPSA) is 74.5 Å². The van der Waals surface area contributed by atoms with Gasteiger partial charge >= 0.3 is 0 Å². The van der Waals surface area contributed by atoms with Crippen molar-refractivity contribution >= 4 is 52.1 Å². The zero-order chi connectivity index (χ0) is 22.1. The van der Waals surface area contributed by atoms with Gasteiger partial charge in [0, 0.05) is 10.6 Å².